The zero-order valence-electron chi connectivity index (χ0n) is 16.7. The lowest BCUT2D eigenvalue weighted by molar-refractivity contribution is 0.306. The van der Waals surface area contributed by atoms with Crippen molar-refractivity contribution < 1.29 is 4.74 Å². The van der Waals surface area contributed by atoms with Crippen molar-refractivity contribution in [1.29, 1.82) is 0 Å². The zero-order chi connectivity index (χ0) is 20.2. The number of para-hydroxylation sites is 1. The minimum absolute atomic E-state index is 0.580. The van der Waals surface area contributed by atoms with E-state index in [9.17, 15) is 0 Å². The maximum atomic E-state index is 5.95. The van der Waals surface area contributed by atoms with E-state index in [0.29, 0.717) is 6.61 Å². The number of ether oxygens (including phenoxy) is 1. The molecule has 146 valence electrons. The molecular weight excluding hydrogens is 366 g/mol. The summed E-state index contributed by atoms with van der Waals surface area (Å²) in [7, 11) is 0. The minimum Gasteiger partial charge on any atom is -0.489 e. The van der Waals surface area contributed by atoms with Crippen LogP contribution in [0.4, 0.5) is 0 Å². The second-order valence-electron chi connectivity index (χ2n) is 7.47. The highest BCUT2D eigenvalue weighted by molar-refractivity contribution is 5.96. The van der Waals surface area contributed by atoms with Gasteiger partial charge in [-0.05, 0) is 34.9 Å². The largest absolute Gasteiger partial charge is 0.489 e. The van der Waals surface area contributed by atoms with Gasteiger partial charge in [-0.15, -0.1) is 0 Å². The van der Waals surface area contributed by atoms with Crippen LogP contribution in [0.5, 0.6) is 5.75 Å². The average molecular weight is 389 g/mol. The third-order valence-corrected chi connectivity index (χ3v) is 5.40. The Labute approximate surface area is 177 Å². The molecular formula is C28H23NO. The Morgan fingerprint density at radius 2 is 1.23 bits per heavy atom. The molecule has 5 rings (SSSR count). The normalized spacial score (nSPS) is 10.9. The fourth-order valence-corrected chi connectivity index (χ4v) is 3.86. The second kappa shape index (κ2) is 8.30. The Hall–Kier alpha value is -3.78. The molecule has 0 saturated heterocycles. The SMILES string of the molecule is c1ccc(COc2ccc(-c3cn(Cc4ccccc4)c4ccccc34)cc2)cc1. The topological polar surface area (TPSA) is 14.2 Å². The van der Waals surface area contributed by atoms with Crippen LogP contribution in [0.15, 0.2) is 115 Å². The third-order valence-electron chi connectivity index (χ3n) is 5.40. The first kappa shape index (κ1) is 18.3. The van der Waals surface area contributed by atoms with E-state index in [2.05, 4.69) is 102 Å². The van der Waals surface area contributed by atoms with Crippen LogP contribution in [0.25, 0.3) is 22.0 Å². The zero-order valence-corrected chi connectivity index (χ0v) is 16.7. The van der Waals surface area contributed by atoms with Gasteiger partial charge in [-0.1, -0.05) is 91.0 Å². The van der Waals surface area contributed by atoms with Crippen molar-refractivity contribution in [3.63, 3.8) is 0 Å². The first-order valence-corrected chi connectivity index (χ1v) is 10.3. The molecule has 1 aromatic heterocycles. The van der Waals surface area contributed by atoms with Crippen LogP contribution in [0.2, 0.25) is 0 Å². The molecule has 2 heteroatoms. The molecule has 5 aromatic rings. The molecule has 0 aliphatic heterocycles. The quantitative estimate of drug-likeness (QED) is 0.307. The minimum atomic E-state index is 0.580. The monoisotopic (exact) mass is 389 g/mol. The number of rotatable bonds is 6. The number of benzene rings is 4. The van der Waals surface area contributed by atoms with Gasteiger partial charge in [-0.2, -0.15) is 0 Å². The van der Waals surface area contributed by atoms with Crippen LogP contribution in [-0.2, 0) is 13.2 Å². The summed E-state index contributed by atoms with van der Waals surface area (Å²) < 4.78 is 8.28. The van der Waals surface area contributed by atoms with Crippen molar-refractivity contribution in [2.24, 2.45) is 0 Å². The molecule has 0 atom stereocenters. The van der Waals surface area contributed by atoms with Gasteiger partial charge >= 0.3 is 0 Å². The van der Waals surface area contributed by atoms with Crippen molar-refractivity contribution in [3.05, 3.63) is 127 Å². The highest BCUT2D eigenvalue weighted by atomic mass is 16.5. The average Bonchev–Trinajstić information content (AvgIpc) is 3.18. The smallest absolute Gasteiger partial charge is 0.119 e. The number of fused-ring (bicyclic) bond motifs is 1. The van der Waals surface area contributed by atoms with E-state index in [1.165, 1.54) is 33.2 Å². The summed E-state index contributed by atoms with van der Waals surface area (Å²) in [5.74, 6) is 0.885. The molecule has 0 aliphatic rings. The number of hydrogen-bond donors (Lipinski definition) is 0. The highest BCUT2D eigenvalue weighted by Crippen LogP contribution is 2.32. The van der Waals surface area contributed by atoms with Crippen LogP contribution in [0, 0.1) is 0 Å². The molecule has 30 heavy (non-hydrogen) atoms. The maximum Gasteiger partial charge on any atom is 0.119 e. The van der Waals surface area contributed by atoms with E-state index in [4.69, 9.17) is 4.74 Å². The predicted octanol–water partition coefficient (Wildman–Crippen LogP) is 6.94. The molecule has 0 saturated carbocycles. The van der Waals surface area contributed by atoms with Gasteiger partial charge in [0.1, 0.15) is 12.4 Å². The van der Waals surface area contributed by atoms with Gasteiger partial charge in [0.25, 0.3) is 0 Å². The molecule has 0 N–H and O–H groups in total. The summed E-state index contributed by atoms with van der Waals surface area (Å²) in [5.41, 5.74) is 6.17. The Kier molecular flexibility index (Phi) is 5.05. The molecule has 0 fully saturated rings. The van der Waals surface area contributed by atoms with Crippen LogP contribution in [0.3, 0.4) is 0 Å². The molecule has 4 aromatic carbocycles. The van der Waals surface area contributed by atoms with E-state index in [1.54, 1.807) is 0 Å². The van der Waals surface area contributed by atoms with Crippen LogP contribution in [-0.4, -0.2) is 4.57 Å². The standard InChI is InChI=1S/C28H23NO/c1-3-9-22(10-4-1)19-29-20-27(26-13-7-8-14-28(26)29)24-15-17-25(18-16-24)30-21-23-11-5-2-6-12-23/h1-18,20H,19,21H2. The third kappa shape index (κ3) is 3.85. The molecule has 0 amide bonds. The number of aromatic nitrogens is 1. The summed E-state index contributed by atoms with van der Waals surface area (Å²) in [4.78, 5) is 0. The maximum absolute atomic E-state index is 5.95. The van der Waals surface area contributed by atoms with Gasteiger partial charge in [-0.25, -0.2) is 0 Å². The van der Waals surface area contributed by atoms with Crippen molar-refractivity contribution in [2.75, 3.05) is 0 Å². The fraction of sp³-hybridized carbons (Fsp3) is 0.0714. The summed E-state index contributed by atoms with van der Waals surface area (Å²) in [5, 5.41) is 1.27. The van der Waals surface area contributed by atoms with Gasteiger partial charge in [0, 0.05) is 29.2 Å². The van der Waals surface area contributed by atoms with Crippen molar-refractivity contribution in [2.45, 2.75) is 13.2 Å². The lowest BCUT2D eigenvalue weighted by Crippen LogP contribution is -1.97. The molecule has 0 radical (unpaired) electrons. The van der Waals surface area contributed by atoms with Gasteiger partial charge < -0.3 is 9.30 Å². The molecule has 0 unspecified atom stereocenters. The van der Waals surface area contributed by atoms with Gasteiger partial charge in [0.2, 0.25) is 0 Å². The second-order valence-corrected chi connectivity index (χ2v) is 7.47. The van der Waals surface area contributed by atoms with E-state index >= 15 is 0 Å². The molecule has 1 heterocycles. The number of nitrogens with zero attached hydrogens (tertiary/aromatic N) is 1. The Bertz CT molecular complexity index is 1240. The van der Waals surface area contributed by atoms with E-state index < -0.39 is 0 Å². The lowest BCUT2D eigenvalue weighted by atomic mass is 10.0. The van der Waals surface area contributed by atoms with E-state index in [0.717, 1.165) is 12.3 Å². The highest BCUT2D eigenvalue weighted by Gasteiger charge is 2.10. The summed E-state index contributed by atoms with van der Waals surface area (Å²) >= 11 is 0. The first-order chi connectivity index (χ1) is 14.9. The molecule has 0 bridgehead atoms. The molecule has 0 aliphatic carbocycles. The summed E-state index contributed by atoms with van der Waals surface area (Å²) in [6.07, 6.45) is 2.26. The van der Waals surface area contributed by atoms with Crippen molar-refractivity contribution in [3.8, 4) is 16.9 Å². The van der Waals surface area contributed by atoms with Crippen molar-refractivity contribution >= 4 is 10.9 Å². The van der Waals surface area contributed by atoms with E-state index in [-0.39, 0.29) is 0 Å². The first-order valence-electron chi connectivity index (χ1n) is 10.3. The Balaban J connectivity index is 1.41. The van der Waals surface area contributed by atoms with Crippen LogP contribution >= 0.6 is 0 Å². The molecule has 0 spiro atoms. The Morgan fingerprint density at radius 3 is 1.97 bits per heavy atom. The van der Waals surface area contributed by atoms with Gasteiger partial charge in [0.15, 0.2) is 0 Å². The van der Waals surface area contributed by atoms with Crippen molar-refractivity contribution in [1.82, 2.24) is 4.57 Å². The summed E-state index contributed by atoms with van der Waals surface area (Å²) in [6, 6.07) is 37.9. The molecule has 2 nitrogen and oxygen atoms in total. The summed E-state index contributed by atoms with van der Waals surface area (Å²) in [6.45, 7) is 1.44. The predicted molar refractivity (Wildman–Crippen MR) is 124 cm³/mol. The Morgan fingerprint density at radius 1 is 0.600 bits per heavy atom. The van der Waals surface area contributed by atoms with Gasteiger partial charge in [-0.3, -0.25) is 0 Å². The van der Waals surface area contributed by atoms with Crippen LogP contribution in [0.1, 0.15) is 11.1 Å². The van der Waals surface area contributed by atoms with Crippen LogP contribution < -0.4 is 4.74 Å². The lowest BCUT2D eigenvalue weighted by Gasteiger charge is -2.07. The fourth-order valence-electron chi connectivity index (χ4n) is 3.86. The number of hydrogen-bond acceptors (Lipinski definition) is 1. The van der Waals surface area contributed by atoms with Gasteiger partial charge in [0.05, 0.1) is 0 Å². The van der Waals surface area contributed by atoms with E-state index in [1.807, 2.05) is 18.2 Å².